The van der Waals surface area contributed by atoms with E-state index >= 15 is 0 Å². The second-order valence-corrected chi connectivity index (χ2v) is 5.56. The van der Waals surface area contributed by atoms with E-state index in [-0.39, 0.29) is 22.2 Å². The zero-order chi connectivity index (χ0) is 15.8. The van der Waals surface area contributed by atoms with Gasteiger partial charge in [0.15, 0.2) is 0 Å². The zero-order valence-electron chi connectivity index (χ0n) is 11.1. The van der Waals surface area contributed by atoms with Crippen molar-refractivity contribution < 1.29 is 19.6 Å². The third-order valence-corrected chi connectivity index (χ3v) is 3.95. The van der Waals surface area contributed by atoms with Crippen LogP contribution in [-0.2, 0) is 4.79 Å². The van der Waals surface area contributed by atoms with E-state index in [9.17, 15) is 24.8 Å². The lowest BCUT2D eigenvalue weighted by atomic mass is 9.95. The number of nitrogens with zero attached hydrogens (tertiary/aromatic N) is 1. The molecule has 2 rings (SSSR count). The maximum atomic E-state index is 12.2. The Kier molecular flexibility index (Phi) is 3.87. The Labute approximate surface area is 125 Å². The molecule has 0 radical (unpaired) electrons. The van der Waals surface area contributed by atoms with Crippen molar-refractivity contribution in [1.29, 1.82) is 0 Å². The minimum absolute atomic E-state index is 0.0293. The highest BCUT2D eigenvalue weighted by Crippen LogP contribution is 2.40. The van der Waals surface area contributed by atoms with Crippen LogP contribution in [0.1, 0.15) is 30.1 Å². The molecule has 0 heterocycles. The van der Waals surface area contributed by atoms with E-state index in [0.29, 0.717) is 12.8 Å². The normalized spacial score (nSPS) is 16.9. The van der Waals surface area contributed by atoms with Crippen molar-refractivity contribution in [3.05, 3.63) is 38.9 Å². The summed E-state index contributed by atoms with van der Waals surface area (Å²) in [5.74, 6) is -2.02. The quantitative estimate of drug-likeness (QED) is 0.640. The van der Waals surface area contributed by atoms with Gasteiger partial charge >= 0.3 is 5.97 Å². The smallest absolute Gasteiger partial charge is 0.329 e. The molecule has 1 aromatic carbocycles. The highest BCUT2D eigenvalue weighted by Gasteiger charge is 2.48. The average molecular weight is 313 g/mol. The van der Waals surface area contributed by atoms with Crippen molar-refractivity contribution in [2.75, 3.05) is 0 Å². The van der Waals surface area contributed by atoms with E-state index in [4.69, 9.17) is 11.6 Å². The van der Waals surface area contributed by atoms with Gasteiger partial charge in [-0.05, 0) is 31.7 Å². The van der Waals surface area contributed by atoms with Crippen LogP contribution in [0.2, 0.25) is 5.02 Å². The van der Waals surface area contributed by atoms with Crippen molar-refractivity contribution in [1.82, 2.24) is 5.32 Å². The van der Waals surface area contributed by atoms with Crippen LogP contribution < -0.4 is 5.32 Å². The number of amides is 1. The van der Waals surface area contributed by atoms with Gasteiger partial charge in [-0.15, -0.1) is 0 Å². The second kappa shape index (κ2) is 5.33. The molecule has 2 N–H and O–H groups in total. The molecule has 0 saturated heterocycles. The number of non-ortho nitro benzene ring substituents is 1. The largest absolute Gasteiger partial charge is 0.480 e. The van der Waals surface area contributed by atoms with Crippen LogP contribution in [0.3, 0.4) is 0 Å². The summed E-state index contributed by atoms with van der Waals surface area (Å²) in [5, 5.41) is 22.5. The van der Waals surface area contributed by atoms with Crippen LogP contribution in [0.5, 0.6) is 0 Å². The molecule has 1 aromatic rings. The predicted octanol–water partition coefficient (Wildman–Crippen LogP) is 2.23. The molecule has 0 bridgehead atoms. The van der Waals surface area contributed by atoms with E-state index in [0.717, 1.165) is 6.07 Å². The fourth-order valence-electron chi connectivity index (χ4n) is 2.09. The van der Waals surface area contributed by atoms with Crippen LogP contribution in [0.25, 0.3) is 0 Å². The van der Waals surface area contributed by atoms with Crippen LogP contribution in [-0.4, -0.2) is 27.4 Å². The first-order valence-electron chi connectivity index (χ1n) is 6.25. The van der Waals surface area contributed by atoms with Gasteiger partial charge in [-0.25, -0.2) is 4.79 Å². The van der Waals surface area contributed by atoms with E-state index in [2.05, 4.69) is 5.32 Å². The van der Waals surface area contributed by atoms with Crippen LogP contribution in [0.15, 0.2) is 18.2 Å². The molecule has 112 valence electrons. The van der Waals surface area contributed by atoms with Crippen LogP contribution in [0, 0.1) is 16.0 Å². The number of carbonyl (C=O) groups excluding carboxylic acids is 1. The minimum Gasteiger partial charge on any atom is -0.480 e. The number of hydrogen-bond donors (Lipinski definition) is 2. The first-order chi connectivity index (χ1) is 9.75. The average Bonchev–Trinajstić information content (AvgIpc) is 3.22. The third-order valence-electron chi connectivity index (χ3n) is 3.62. The highest BCUT2D eigenvalue weighted by molar-refractivity contribution is 6.34. The van der Waals surface area contributed by atoms with E-state index in [1.807, 2.05) is 0 Å². The topological polar surface area (TPSA) is 110 Å². The minimum atomic E-state index is -1.40. The van der Waals surface area contributed by atoms with Crippen molar-refractivity contribution >= 4 is 29.2 Å². The van der Waals surface area contributed by atoms with Gasteiger partial charge in [0.2, 0.25) is 0 Å². The Bertz CT molecular complexity index is 629. The molecule has 1 saturated carbocycles. The Hall–Kier alpha value is -2.15. The summed E-state index contributed by atoms with van der Waals surface area (Å²) in [6, 6.07) is 3.45. The van der Waals surface area contributed by atoms with Gasteiger partial charge in [-0.2, -0.15) is 0 Å². The Morgan fingerprint density at radius 3 is 2.57 bits per heavy atom. The Morgan fingerprint density at radius 2 is 2.10 bits per heavy atom. The van der Waals surface area contributed by atoms with Gasteiger partial charge in [0.25, 0.3) is 11.6 Å². The molecular weight excluding hydrogens is 300 g/mol. The fraction of sp³-hybridized carbons (Fsp3) is 0.385. The van der Waals surface area contributed by atoms with Gasteiger partial charge < -0.3 is 10.4 Å². The van der Waals surface area contributed by atoms with E-state index < -0.39 is 22.3 Å². The lowest BCUT2D eigenvalue weighted by Crippen LogP contribution is -2.54. The summed E-state index contributed by atoms with van der Waals surface area (Å²) >= 11 is 5.87. The van der Waals surface area contributed by atoms with Crippen LogP contribution >= 0.6 is 11.6 Å². The molecule has 21 heavy (non-hydrogen) atoms. The van der Waals surface area contributed by atoms with Gasteiger partial charge in [0, 0.05) is 12.1 Å². The molecule has 1 aliphatic rings. The number of carboxylic acids is 1. The van der Waals surface area contributed by atoms with Crippen molar-refractivity contribution in [2.24, 2.45) is 5.92 Å². The van der Waals surface area contributed by atoms with Gasteiger partial charge in [0.05, 0.1) is 15.5 Å². The number of benzene rings is 1. The zero-order valence-corrected chi connectivity index (χ0v) is 11.9. The van der Waals surface area contributed by atoms with Crippen molar-refractivity contribution in [2.45, 2.75) is 25.3 Å². The summed E-state index contributed by atoms with van der Waals surface area (Å²) < 4.78 is 0. The number of hydrogen-bond acceptors (Lipinski definition) is 4. The molecule has 0 spiro atoms. The van der Waals surface area contributed by atoms with Crippen molar-refractivity contribution in [3.8, 4) is 0 Å². The number of halogens is 1. The molecule has 8 heteroatoms. The van der Waals surface area contributed by atoms with E-state index in [1.54, 1.807) is 0 Å². The fourth-order valence-corrected chi connectivity index (χ4v) is 2.30. The second-order valence-electron chi connectivity index (χ2n) is 5.16. The number of rotatable bonds is 5. The number of nitro groups is 1. The first kappa shape index (κ1) is 15.2. The molecule has 1 fully saturated rings. The number of nitro benzene ring substituents is 1. The molecule has 1 atom stereocenters. The number of carboxylic acid groups (broad SMARTS) is 1. The van der Waals surface area contributed by atoms with E-state index in [1.165, 1.54) is 19.1 Å². The predicted molar refractivity (Wildman–Crippen MR) is 74.3 cm³/mol. The molecular formula is C13H13ClN2O5. The van der Waals surface area contributed by atoms with Gasteiger partial charge in [-0.1, -0.05) is 11.6 Å². The summed E-state index contributed by atoms with van der Waals surface area (Å²) in [7, 11) is 0. The standard InChI is InChI=1S/C13H13ClN2O5/c1-13(12(18)19,7-2-3-7)15-11(17)9-6-8(16(20)21)4-5-10(9)14/h4-7H,2-3H2,1H3,(H,15,17)(H,18,19). The summed E-state index contributed by atoms with van der Waals surface area (Å²) in [6.45, 7) is 1.43. The van der Waals surface area contributed by atoms with Crippen LogP contribution in [0.4, 0.5) is 5.69 Å². The molecule has 7 nitrogen and oxygen atoms in total. The summed E-state index contributed by atoms with van der Waals surface area (Å²) in [4.78, 5) is 33.7. The summed E-state index contributed by atoms with van der Waals surface area (Å²) in [6.07, 6.45) is 1.43. The number of carbonyl (C=O) groups is 2. The first-order valence-corrected chi connectivity index (χ1v) is 6.63. The highest BCUT2D eigenvalue weighted by atomic mass is 35.5. The molecule has 1 unspecified atom stereocenters. The Morgan fingerprint density at radius 1 is 1.48 bits per heavy atom. The molecule has 1 amide bonds. The monoisotopic (exact) mass is 312 g/mol. The number of nitrogens with one attached hydrogen (secondary N) is 1. The molecule has 0 aliphatic heterocycles. The molecule has 1 aliphatic carbocycles. The maximum Gasteiger partial charge on any atom is 0.329 e. The Balaban J connectivity index is 2.29. The lowest BCUT2D eigenvalue weighted by molar-refractivity contribution is -0.384. The SMILES string of the molecule is CC(NC(=O)c1cc([N+](=O)[O-])ccc1Cl)(C(=O)O)C1CC1. The van der Waals surface area contributed by atoms with Gasteiger partial charge in [-0.3, -0.25) is 14.9 Å². The van der Waals surface area contributed by atoms with Gasteiger partial charge in [0.1, 0.15) is 5.54 Å². The third kappa shape index (κ3) is 2.97. The molecule has 0 aromatic heterocycles. The van der Waals surface area contributed by atoms with Crippen molar-refractivity contribution in [3.63, 3.8) is 0 Å². The lowest BCUT2D eigenvalue weighted by Gasteiger charge is -2.26. The maximum absolute atomic E-state index is 12.2. The number of aliphatic carboxylic acids is 1. The summed E-state index contributed by atoms with van der Waals surface area (Å²) in [5.41, 5.74) is -1.79.